The zero-order chi connectivity index (χ0) is 9.94. The van der Waals surface area contributed by atoms with Gasteiger partial charge in [-0.05, 0) is 25.8 Å². The molecule has 0 aliphatic carbocycles. The maximum atomic E-state index is 8.31. The molecule has 0 aliphatic rings. The monoisotopic (exact) mass is 184 g/mol. The Hall–Kier alpha value is -0.590. The number of ether oxygens (including phenoxy) is 1. The van der Waals surface area contributed by atoms with Crippen LogP contribution in [-0.2, 0) is 4.74 Å². The van der Waals surface area contributed by atoms with E-state index in [1.807, 2.05) is 0 Å². The average molecular weight is 184 g/mol. The van der Waals surface area contributed by atoms with E-state index < -0.39 is 0 Å². The predicted molar refractivity (Wildman–Crippen MR) is 53.4 cm³/mol. The van der Waals surface area contributed by atoms with E-state index in [-0.39, 0.29) is 0 Å². The maximum Gasteiger partial charge on any atom is 0.0621 e. The molecule has 0 aliphatic heterocycles. The Morgan fingerprint density at radius 1 is 1.46 bits per heavy atom. The molecular weight excluding hydrogens is 164 g/mol. The summed E-state index contributed by atoms with van der Waals surface area (Å²) in [6.45, 7) is 3.91. The van der Waals surface area contributed by atoms with Gasteiger partial charge in [-0.25, -0.2) is 0 Å². The quantitative estimate of drug-likeness (QED) is 0.584. The third-order valence-electron chi connectivity index (χ3n) is 2.01. The summed E-state index contributed by atoms with van der Waals surface area (Å²) < 4.78 is 5.06. The van der Waals surface area contributed by atoms with Crippen LogP contribution in [0.25, 0.3) is 0 Å². The molecule has 0 amide bonds. The third-order valence-corrected chi connectivity index (χ3v) is 2.01. The van der Waals surface area contributed by atoms with Crippen LogP contribution in [-0.4, -0.2) is 26.3 Å². The van der Waals surface area contributed by atoms with Crippen LogP contribution < -0.4 is 5.32 Å². The Bertz CT molecular complexity index is 142. The first-order chi connectivity index (χ1) is 6.35. The van der Waals surface area contributed by atoms with E-state index in [0.717, 1.165) is 32.4 Å². The molecule has 0 aromatic rings. The topological polar surface area (TPSA) is 45.0 Å². The zero-order valence-corrected chi connectivity index (χ0v) is 8.68. The maximum absolute atomic E-state index is 8.31. The summed E-state index contributed by atoms with van der Waals surface area (Å²) in [5, 5.41) is 11.7. The second-order valence-electron chi connectivity index (χ2n) is 3.13. The van der Waals surface area contributed by atoms with Gasteiger partial charge in [-0.2, -0.15) is 5.26 Å². The largest absolute Gasteiger partial charge is 0.383 e. The van der Waals surface area contributed by atoms with E-state index in [1.165, 1.54) is 0 Å². The average Bonchev–Trinajstić information content (AvgIpc) is 2.16. The van der Waals surface area contributed by atoms with Gasteiger partial charge in [-0.3, -0.25) is 0 Å². The second-order valence-corrected chi connectivity index (χ2v) is 3.13. The van der Waals surface area contributed by atoms with Crippen LogP contribution in [0.3, 0.4) is 0 Å². The number of rotatable bonds is 8. The van der Waals surface area contributed by atoms with Crippen molar-refractivity contribution in [3.8, 4) is 6.07 Å². The van der Waals surface area contributed by atoms with Crippen molar-refractivity contribution in [1.82, 2.24) is 5.32 Å². The van der Waals surface area contributed by atoms with E-state index >= 15 is 0 Å². The molecule has 0 aromatic heterocycles. The van der Waals surface area contributed by atoms with Gasteiger partial charge in [0.2, 0.25) is 0 Å². The lowest BCUT2D eigenvalue weighted by atomic mass is 10.2. The lowest BCUT2D eigenvalue weighted by Crippen LogP contribution is -2.33. The first kappa shape index (κ1) is 12.4. The Morgan fingerprint density at radius 2 is 2.23 bits per heavy atom. The van der Waals surface area contributed by atoms with Gasteiger partial charge < -0.3 is 10.1 Å². The summed E-state index contributed by atoms with van der Waals surface area (Å²) in [5.74, 6) is 0. The molecule has 0 heterocycles. The highest BCUT2D eigenvalue weighted by Crippen LogP contribution is 1.95. The SMILES string of the molecule is CCC(COC)NCCCCC#N. The van der Waals surface area contributed by atoms with Gasteiger partial charge in [0.25, 0.3) is 0 Å². The molecule has 0 radical (unpaired) electrons. The number of nitrogens with zero attached hydrogens (tertiary/aromatic N) is 1. The third kappa shape index (κ3) is 7.76. The van der Waals surface area contributed by atoms with Crippen molar-refractivity contribution in [2.45, 2.75) is 38.6 Å². The lowest BCUT2D eigenvalue weighted by molar-refractivity contribution is 0.164. The molecule has 0 rings (SSSR count). The summed E-state index contributed by atoms with van der Waals surface area (Å²) in [5.41, 5.74) is 0. The Morgan fingerprint density at radius 3 is 2.77 bits per heavy atom. The fraction of sp³-hybridized carbons (Fsp3) is 0.900. The van der Waals surface area contributed by atoms with Crippen LogP contribution >= 0.6 is 0 Å². The van der Waals surface area contributed by atoms with Crippen LogP contribution in [0.5, 0.6) is 0 Å². The van der Waals surface area contributed by atoms with Gasteiger partial charge in [-0.1, -0.05) is 6.92 Å². The molecule has 76 valence electrons. The lowest BCUT2D eigenvalue weighted by Gasteiger charge is -2.15. The Kier molecular flexibility index (Phi) is 9.07. The van der Waals surface area contributed by atoms with Crippen molar-refractivity contribution >= 4 is 0 Å². The molecule has 13 heavy (non-hydrogen) atoms. The highest BCUT2D eigenvalue weighted by Gasteiger charge is 2.02. The standard InChI is InChI=1S/C10H20N2O/c1-3-10(9-13-2)12-8-6-4-5-7-11/h10,12H,3-6,8-9H2,1-2H3. The number of nitriles is 1. The molecule has 3 nitrogen and oxygen atoms in total. The highest BCUT2D eigenvalue weighted by atomic mass is 16.5. The first-order valence-corrected chi connectivity index (χ1v) is 4.94. The van der Waals surface area contributed by atoms with Gasteiger partial charge in [-0.15, -0.1) is 0 Å². The van der Waals surface area contributed by atoms with E-state index in [2.05, 4.69) is 18.3 Å². The zero-order valence-electron chi connectivity index (χ0n) is 8.68. The summed E-state index contributed by atoms with van der Waals surface area (Å²) in [6.07, 6.45) is 3.83. The van der Waals surface area contributed by atoms with Gasteiger partial charge >= 0.3 is 0 Å². The molecule has 1 atom stereocenters. The van der Waals surface area contributed by atoms with Crippen molar-refractivity contribution in [1.29, 1.82) is 5.26 Å². The highest BCUT2D eigenvalue weighted by molar-refractivity contribution is 4.69. The van der Waals surface area contributed by atoms with Gasteiger partial charge in [0.15, 0.2) is 0 Å². The molecule has 1 unspecified atom stereocenters. The van der Waals surface area contributed by atoms with Gasteiger partial charge in [0, 0.05) is 19.6 Å². The van der Waals surface area contributed by atoms with Crippen LogP contribution in [0, 0.1) is 11.3 Å². The smallest absolute Gasteiger partial charge is 0.0621 e. The summed E-state index contributed by atoms with van der Waals surface area (Å²) >= 11 is 0. The van der Waals surface area contributed by atoms with Crippen LogP contribution in [0.1, 0.15) is 32.6 Å². The molecule has 3 heteroatoms. The minimum Gasteiger partial charge on any atom is -0.383 e. The van der Waals surface area contributed by atoms with Crippen LogP contribution in [0.4, 0.5) is 0 Å². The molecule has 0 spiro atoms. The van der Waals surface area contributed by atoms with Crippen molar-refractivity contribution in [2.75, 3.05) is 20.3 Å². The van der Waals surface area contributed by atoms with Crippen molar-refractivity contribution < 1.29 is 4.74 Å². The minimum atomic E-state index is 0.465. The van der Waals surface area contributed by atoms with Crippen LogP contribution in [0.15, 0.2) is 0 Å². The molecule has 0 aromatic carbocycles. The Balaban J connectivity index is 3.23. The molecule has 0 saturated carbocycles. The molecule has 1 N–H and O–H groups in total. The van der Waals surface area contributed by atoms with Crippen molar-refractivity contribution in [3.05, 3.63) is 0 Å². The number of hydrogen-bond donors (Lipinski definition) is 1. The molecule has 0 fully saturated rings. The number of unbranched alkanes of at least 4 members (excludes halogenated alkanes) is 2. The van der Waals surface area contributed by atoms with E-state index in [0.29, 0.717) is 12.5 Å². The van der Waals surface area contributed by atoms with E-state index in [1.54, 1.807) is 7.11 Å². The fourth-order valence-corrected chi connectivity index (χ4v) is 1.16. The number of hydrogen-bond acceptors (Lipinski definition) is 3. The van der Waals surface area contributed by atoms with E-state index in [9.17, 15) is 0 Å². The fourth-order valence-electron chi connectivity index (χ4n) is 1.16. The molecular formula is C10H20N2O. The van der Waals surface area contributed by atoms with E-state index in [4.69, 9.17) is 10.00 Å². The summed E-state index contributed by atoms with van der Waals surface area (Å²) in [4.78, 5) is 0. The second kappa shape index (κ2) is 9.50. The summed E-state index contributed by atoms with van der Waals surface area (Å²) in [7, 11) is 1.72. The molecule has 0 saturated heterocycles. The van der Waals surface area contributed by atoms with Gasteiger partial charge in [0.1, 0.15) is 0 Å². The predicted octanol–water partition coefficient (Wildman–Crippen LogP) is 1.69. The molecule has 0 bridgehead atoms. The number of methoxy groups -OCH3 is 1. The summed E-state index contributed by atoms with van der Waals surface area (Å²) in [6, 6.07) is 2.61. The minimum absolute atomic E-state index is 0.465. The van der Waals surface area contributed by atoms with Crippen LogP contribution in [0.2, 0.25) is 0 Å². The normalized spacial score (nSPS) is 12.4. The van der Waals surface area contributed by atoms with Crippen molar-refractivity contribution in [2.24, 2.45) is 0 Å². The van der Waals surface area contributed by atoms with Gasteiger partial charge in [0.05, 0.1) is 12.7 Å². The number of nitrogens with one attached hydrogen (secondary N) is 1. The van der Waals surface area contributed by atoms with Crippen molar-refractivity contribution in [3.63, 3.8) is 0 Å². The first-order valence-electron chi connectivity index (χ1n) is 4.94. The Labute approximate surface area is 81.1 Å².